The van der Waals surface area contributed by atoms with E-state index in [0.29, 0.717) is 6.42 Å². The first kappa shape index (κ1) is 13.2. The Bertz CT molecular complexity index is 295. The van der Waals surface area contributed by atoms with Crippen molar-refractivity contribution in [2.45, 2.75) is 12.3 Å². The molecule has 0 heterocycles. The van der Waals surface area contributed by atoms with E-state index in [1.54, 1.807) is 18.2 Å². The molecule has 0 saturated carbocycles. The first-order chi connectivity index (χ1) is 6.25. The molecule has 0 aromatic heterocycles. The van der Waals surface area contributed by atoms with Gasteiger partial charge < -0.3 is 9.90 Å². The monoisotopic (exact) mass is 282 g/mol. The van der Waals surface area contributed by atoms with Crippen molar-refractivity contribution >= 4 is 5.97 Å². The van der Waals surface area contributed by atoms with Crippen molar-refractivity contribution in [2.75, 3.05) is 0 Å². The van der Waals surface area contributed by atoms with Gasteiger partial charge in [-0.3, -0.25) is 0 Å². The predicted octanol–water partition coefficient (Wildman–Crippen LogP) is 1.09. The molecule has 0 aliphatic rings. The molecule has 0 spiro atoms. The van der Waals surface area contributed by atoms with Crippen LogP contribution in [0.4, 0.5) is 0 Å². The van der Waals surface area contributed by atoms with E-state index in [-0.39, 0.29) is 22.4 Å². The maximum Gasteiger partial charge on any atom is 1.00 e. The number of allylic oxidation sites excluding steroid dienone is 1. The third-order valence-corrected chi connectivity index (χ3v) is 1.89. The summed E-state index contributed by atoms with van der Waals surface area (Å²) in [7, 11) is 0. The van der Waals surface area contributed by atoms with Crippen LogP contribution in [0.5, 0.6) is 0 Å². The number of hydrogen-bond donors (Lipinski definition) is 0. The van der Waals surface area contributed by atoms with Gasteiger partial charge in [0, 0.05) is 11.9 Å². The van der Waals surface area contributed by atoms with Crippen LogP contribution >= 0.6 is 0 Å². The fraction of sp³-hybridized carbons (Fsp3) is 0.182. The summed E-state index contributed by atoms with van der Waals surface area (Å²) in [4.78, 5) is 10.7. The minimum absolute atomic E-state index is 0. The molecule has 1 aromatic carbocycles. The van der Waals surface area contributed by atoms with Gasteiger partial charge in [-0.1, -0.05) is 36.4 Å². The van der Waals surface area contributed by atoms with Crippen LogP contribution in [-0.2, 0) is 27.2 Å². The Hall–Kier alpha value is -0.830. The Morgan fingerprint density at radius 1 is 1.43 bits per heavy atom. The first-order valence-corrected chi connectivity index (χ1v) is 4.12. The fourth-order valence-electron chi connectivity index (χ4n) is 1.22. The Kier molecular flexibility index (Phi) is 6.21. The Balaban J connectivity index is 0.00000169. The average Bonchev–Trinajstić information content (AvgIpc) is 2.15. The van der Waals surface area contributed by atoms with Crippen LogP contribution in [0.25, 0.3) is 0 Å². The van der Waals surface area contributed by atoms with Crippen molar-refractivity contribution in [2.24, 2.45) is 0 Å². The Morgan fingerprint density at radius 2 is 2.00 bits per heavy atom. The first-order valence-electron chi connectivity index (χ1n) is 4.12. The summed E-state index contributed by atoms with van der Waals surface area (Å²) in [5.74, 6) is -1.62. The molecule has 1 rings (SSSR count). The zero-order valence-corrected chi connectivity index (χ0v) is 9.06. The molecule has 1 atom stereocenters. The van der Waals surface area contributed by atoms with Gasteiger partial charge in [-0.15, -0.1) is 6.58 Å². The topological polar surface area (TPSA) is 40.1 Å². The molecule has 0 aliphatic carbocycles. The van der Waals surface area contributed by atoms with E-state index in [1.807, 2.05) is 18.2 Å². The Labute approximate surface area is 99.2 Å². The van der Waals surface area contributed by atoms with Gasteiger partial charge >= 0.3 is 22.4 Å². The van der Waals surface area contributed by atoms with Gasteiger partial charge in [0.2, 0.25) is 0 Å². The van der Waals surface area contributed by atoms with E-state index >= 15 is 0 Å². The third kappa shape index (κ3) is 3.50. The van der Waals surface area contributed by atoms with Crippen LogP contribution in [-0.4, -0.2) is 5.97 Å². The van der Waals surface area contributed by atoms with Gasteiger partial charge in [-0.05, 0) is 12.0 Å². The summed E-state index contributed by atoms with van der Waals surface area (Å²) in [6.07, 6.45) is 2.00. The normalized spacial score (nSPS) is 11.1. The van der Waals surface area contributed by atoms with Crippen LogP contribution in [0.3, 0.4) is 0 Å². The van der Waals surface area contributed by atoms with Gasteiger partial charge in [0.05, 0.1) is 0 Å². The standard InChI is InChI=1S/C11H12O2.Ag/c1-2-6-10(11(12)13)9-7-4-3-5-8-9;/h2-5,7-8,10H,1,6H2,(H,12,13);/q;+1/p-1. The fourth-order valence-corrected chi connectivity index (χ4v) is 1.22. The molecule has 0 fully saturated rings. The summed E-state index contributed by atoms with van der Waals surface area (Å²) in [5, 5.41) is 10.7. The van der Waals surface area contributed by atoms with E-state index in [0.717, 1.165) is 5.56 Å². The maximum absolute atomic E-state index is 10.7. The second-order valence-electron chi connectivity index (χ2n) is 2.81. The predicted molar refractivity (Wildman–Crippen MR) is 49.0 cm³/mol. The second kappa shape index (κ2) is 6.60. The van der Waals surface area contributed by atoms with Crippen molar-refractivity contribution in [3.05, 3.63) is 48.6 Å². The zero-order chi connectivity index (χ0) is 9.68. The second-order valence-corrected chi connectivity index (χ2v) is 2.81. The van der Waals surface area contributed by atoms with Crippen LogP contribution in [0.2, 0.25) is 0 Å². The van der Waals surface area contributed by atoms with Gasteiger partial charge in [-0.25, -0.2) is 0 Å². The number of carbonyl (C=O) groups is 1. The molecule has 78 valence electrons. The molecule has 14 heavy (non-hydrogen) atoms. The molecule has 3 heteroatoms. The van der Waals surface area contributed by atoms with Crippen molar-refractivity contribution in [1.29, 1.82) is 0 Å². The van der Waals surface area contributed by atoms with E-state index in [2.05, 4.69) is 6.58 Å². The number of rotatable bonds is 4. The number of hydrogen-bond acceptors (Lipinski definition) is 2. The molecule has 0 saturated heterocycles. The van der Waals surface area contributed by atoms with Gasteiger partial charge in [0.1, 0.15) is 0 Å². The number of carboxylic acids is 1. The average molecular weight is 283 g/mol. The van der Waals surface area contributed by atoms with E-state index in [1.165, 1.54) is 0 Å². The summed E-state index contributed by atoms with van der Waals surface area (Å²) < 4.78 is 0. The van der Waals surface area contributed by atoms with Crippen molar-refractivity contribution in [3.8, 4) is 0 Å². The quantitative estimate of drug-likeness (QED) is 0.613. The summed E-state index contributed by atoms with van der Waals surface area (Å²) in [6, 6.07) is 9.04. The van der Waals surface area contributed by atoms with Crippen LogP contribution in [0, 0.1) is 0 Å². The van der Waals surface area contributed by atoms with Crippen molar-refractivity contribution in [3.63, 3.8) is 0 Å². The number of benzene rings is 1. The van der Waals surface area contributed by atoms with E-state index in [4.69, 9.17) is 0 Å². The smallest absolute Gasteiger partial charge is 0.549 e. The molecule has 0 amide bonds. The van der Waals surface area contributed by atoms with Gasteiger partial charge in [-0.2, -0.15) is 0 Å². The third-order valence-electron chi connectivity index (χ3n) is 1.89. The van der Waals surface area contributed by atoms with E-state index < -0.39 is 11.9 Å². The molecule has 1 aromatic rings. The van der Waals surface area contributed by atoms with Gasteiger partial charge in [0.25, 0.3) is 0 Å². The molecule has 0 N–H and O–H groups in total. The maximum atomic E-state index is 10.7. The number of carbonyl (C=O) groups excluding carboxylic acids is 1. The summed E-state index contributed by atoms with van der Waals surface area (Å²) in [6.45, 7) is 3.52. The molecule has 2 nitrogen and oxygen atoms in total. The minimum atomic E-state index is -1.05. The van der Waals surface area contributed by atoms with Crippen LogP contribution in [0.15, 0.2) is 43.0 Å². The molecule has 0 radical (unpaired) electrons. The van der Waals surface area contributed by atoms with Gasteiger partial charge in [0.15, 0.2) is 0 Å². The van der Waals surface area contributed by atoms with Crippen molar-refractivity contribution in [1.82, 2.24) is 0 Å². The Morgan fingerprint density at radius 3 is 2.43 bits per heavy atom. The largest absolute Gasteiger partial charge is 1.00 e. The SMILES string of the molecule is C=CCC(C(=O)[O-])c1ccccc1.[Ag+]. The molecule has 1 unspecified atom stereocenters. The number of aliphatic carboxylic acids is 1. The molecule has 0 bridgehead atoms. The van der Waals surface area contributed by atoms with E-state index in [9.17, 15) is 9.90 Å². The van der Waals surface area contributed by atoms with Crippen LogP contribution in [0.1, 0.15) is 17.9 Å². The van der Waals surface area contributed by atoms with Crippen molar-refractivity contribution < 1.29 is 32.3 Å². The minimum Gasteiger partial charge on any atom is -0.549 e. The van der Waals surface area contributed by atoms with Crippen LogP contribution < -0.4 is 5.11 Å². The summed E-state index contributed by atoms with van der Waals surface area (Å²) in [5.41, 5.74) is 0.766. The number of carboxylic acid groups (broad SMARTS) is 1. The molecular formula is C11H11AgO2. The molecule has 0 aliphatic heterocycles. The summed E-state index contributed by atoms with van der Waals surface area (Å²) >= 11 is 0. The zero-order valence-electron chi connectivity index (χ0n) is 7.57. The molecular weight excluding hydrogens is 272 g/mol.